The van der Waals surface area contributed by atoms with E-state index in [9.17, 15) is 9.59 Å². The fourth-order valence-corrected chi connectivity index (χ4v) is 3.04. The maximum Gasteiger partial charge on any atom is 0.262 e. The summed E-state index contributed by atoms with van der Waals surface area (Å²) in [4.78, 5) is 25.1. The van der Waals surface area contributed by atoms with Crippen LogP contribution in [0.5, 0.6) is 17.2 Å². The molecule has 0 atom stereocenters. The monoisotopic (exact) mass is 424 g/mol. The number of amides is 2. The van der Waals surface area contributed by atoms with Crippen LogP contribution in [0, 0.1) is 0 Å². The number of carbonyl (C=O) groups excluding carboxylic acids is 2. The van der Waals surface area contributed by atoms with Crippen molar-refractivity contribution in [1.29, 1.82) is 0 Å². The highest BCUT2D eigenvalue weighted by molar-refractivity contribution is 6.32. The van der Waals surface area contributed by atoms with E-state index in [1.54, 1.807) is 66.7 Å². The molecule has 152 valence electrons. The Kier molecular flexibility index (Phi) is 5.72. The van der Waals surface area contributed by atoms with Gasteiger partial charge in [-0.3, -0.25) is 9.59 Å². The van der Waals surface area contributed by atoms with Crippen molar-refractivity contribution in [3.63, 3.8) is 0 Å². The van der Waals surface area contributed by atoms with Gasteiger partial charge in [-0.2, -0.15) is 0 Å². The standard InChI is InChI=1S/C22H17ClN2O5/c23-16-6-2-4-8-18(16)28-12-21(26)25-17-7-3-1-5-15(17)22(27)24-14-9-10-19-20(11-14)30-13-29-19/h1-11H,12-13H2,(H,24,27)(H,25,26). The molecule has 3 aromatic carbocycles. The molecule has 2 amide bonds. The summed E-state index contributed by atoms with van der Waals surface area (Å²) >= 11 is 6.02. The summed E-state index contributed by atoms with van der Waals surface area (Å²) in [5.41, 5.74) is 1.22. The number of carbonyl (C=O) groups is 2. The van der Waals surface area contributed by atoms with Gasteiger partial charge in [-0.25, -0.2) is 0 Å². The van der Waals surface area contributed by atoms with Crippen LogP contribution in [0.15, 0.2) is 66.7 Å². The summed E-state index contributed by atoms with van der Waals surface area (Å²) < 4.78 is 16.0. The number of ether oxygens (including phenoxy) is 3. The van der Waals surface area contributed by atoms with Gasteiger partial charge < -0.3 is 24.8 Å². The second-order valence-corrected chi connectivity index (χ2v) is 6.74. The molecule has 8 heteroatoms. The van der Waals surface area contributed by atoms with Gasteiger partial charge in [0.2, 0.25) is 6.79 Å². The number of halogens is 1. The van der Waals surface area contributed by atoms with E-state index in [1.165, 1.54) is 0 Å². The number of hydrogen-bond donors (Lipinski definition) is 2. The SMILES string of the molecule is O=C(COc1ccccc1Cl)Nc1ccccc1C(=O)Nc1ccc2c(c1)OCO2. The number of hydrogen-bond acceptors (Lipinski definition) is 5. The lowest BCUT2D eigenvalue weighted by Crippen LogP contribution is -2.22. The van der Waals surface area contributed by atoms with E-state index in [1.807, 2.05) is 0 Å². The third-order valence-corrected chi connectivity index (χ3v) is 4.58. The van der Waals surface area contributed by atoms with E-state index < -0.39 is 5.91 Å². The number of fused-ring (bicyclic) bond motifs is 1. The molecule has 7 nitrogen and oxygen atoms in total. The largest absolute Gasteiger partial charge is 0.482 e. The predicted octanol–water partition coefficient (Wildman–Crippen LogP) is 4.34. The zero-order chi connectivity index (χ0) is 20.9. The van der Waals surface area contributed by atoms with Crippen LogP contribution >= 0.6 is 11.6 Å². The first-order valence-electron chi connectivity index (χ1n) is 9.07. The Morgan fingerprint density at radius 1 is 0.933 bits per heavy atom. The highest BCUT2D eigenvalue weighted by Gasteiger charge is 2.17. The first kappa shape index (κ1) is 19.6. The van der Waals surface area contributed by atoms with E-state index in [2.05, 4.69) is 10.6 Å². The predicted molar refractivity (Wildman–Crippen MR) is 113 cm³/mol. The molecular formula is C22H17ClN2O5. The molecule has 0 unspecified atom stereocenters. The summed E-state index contributed by atoms with van der Waals surface area (Å²) in [5.74, 6) is 0.795. The van der Waals surface area contributed by atoms with Crippen molar-refractivity contribution < 1.29 is 23.8 Å². The Bertz CT molecular complexity index is 1100. The average Bonchev–Trinajstić information content (AvgIpc) is 3.21. The van der Waals surface area contributed by atoms with Gasteiger partial charge in [0.25, 0.3) is 11.8 Å². The number of benzene rings is 3. The molecule has 1 aliphatic heterocycles. The molecule has 0 saturated heterocycles. The highest BCUT2D eigenvalue weighted by atomic mass is 35.5. The molecule has 0 saturated carbocycles. The summed E-state index contributed by atoms with van der Waals surface area (Å²) in [5, 5.41) is 5.90. The van der Waals surface area contributed by atoms with Gasteiger partial charge in [0.05, 0.1) is 16.3 Å². The first-order valence-corrected chi connectivity index (χ1v) is 9.45. The van der Waals surface area contributed by atoms with Crippen molar-refractivity contribution in [2.75, 3.05) is 24.0 Å². The van der Waals surface area contributed by atoms with Gasteiger partial charge in [-0.05, 0) is 36.4 Å². The molecule has 2 N–H and O–H groups in total. The van der Waals surface area contributed by atoms with Crippen LogP contribution in [0.1, 0.15) is 10.4 Å². The first-order chi connectivity index (χ1) is 14.6. The van der Waals surface area contributed by atoms with Gasteiger partial charge in [0.1, 0.15) is 5.75 Å². The minimum Gasteiger partial charge on any atom is -0.482 e. The summed E-state index contributed by atoms with van der Waals surface area (Å²) in [6.45, 7) is -0.0975. The third-order valence-electron chi connectivity index (χ3n) is 4.27. The normalized spacial score (nSPS) is 11.6. The second-order valence-electron chi connectivity index (χ2n) is 6.34. The number of anilines is 2. The van der Waals surface area contributed by atoms with Crippen molar-refractivity contribution in [2.24, 2.45) is 0 Å². The van der Waals surface area contributed by atoms with Crippen molar-refractivity contribution in [3.05, 3.63) is 77.3 Å². The van der Waals surface area contributed by atoms with Crippen LogP contribution in [0.2, 0.25) is 5.02 Å². The number of rotatable bonds is 6. The van der Waals surface area contributed by atoms with E-state index in [4.69, 9.17) is 25.8 Å². The topological polar surface area (TPSA) is 85.9 Å². The quantitative estimate of drug-likeness (QED) is 0.614. The molecule has 0 aromatic heterocycles. The number of nitrogens with one attached hydrogen (secondary N) is 2. The molecule has 0 radical (unpaired) electrons. The van der Waals surface area contributed by atoms with E-state index >= 15 is 0 Å². The van der Waals surface area contributed by atoms with Gasteiger partial charge in [0.15, 0.2) is 18.1 Å². The van der Waals surface area contributed by atoms with E-state index in [-0.39, 0.29) is 19.3 Å². The molecule has 30 heavy (non-hydrogen) atoms. The Balaban J connectivity index is 1.42. The minimum absolute atomic E-state index is 0.151. The van der Waals surface area contributed by atoms with Crippen molar-refractivity contribution in [2.45, 2.75) is 0 Å². The molecular weight excluding hydrogens is 408 g/mol. The van der Waals surface area contributed by atoms with Gasteiger partial charge in [-0.15, -0.1) is 0 Å². The Morgan fingerprint density at radius 3 is 2.57 bits per heavy atom. The summed E-state index contributed by atoms with van der Waals surface area (Å²) in [6.07, 6.45) is 0. The van der Waals surface area contributed by atoms with E-state index in [0.29, 0.717) is 39.2 Å². The lowest BCUT2D eigenvalue weighted by molar-refractivity contribution is -0.118. The lowest BCUT2D eigenvalue weighted by atomic mass is 10.1. The van der Waals surface area contributed by atoms with Crippen LogP contribution in [0.4, 0.5) is 11.4 Å². The van der Waals surface area contributed by atoms with Crippen molar-refractivity contribution >= 4 is 34.8 Å². The summed E-state index contributed by atoms with van der Waals surface area (Å²) in [7, 11) is 0. The van der Waals surface area contributed by atoms with Crippen molar-refractivity contribution in [1.82, 2.24) is 0 Å². The van der Waals surface area contributed by atoms with Crippen LogP contribution < -0.4 is 24.8 Å². The maximum absolute atomic E-state index is 12.8. The molecule has 0 bridgehead atoms. The lowest BCUT2D eigenvalue weighted by Gasteiger charge is -2.12. The third kappa shape index (κ3) is 4.47. The second kappa shape index (κ2) is 8.75. The van der Waals surface area contributed by atoms with Gasteiger partial charge >= 0.3 is 0 Å². The van der Waals surface area contributed by atoms with Crippen LogP contribution in [0.3, 0.4) is 0 Å². The summed E-state index contributed by atoms with van der Waals surface area (Å²) in [6, 6.07) is 18.7. The molecule has 0 fully saturated rings. The Labute approximate surface area is 177 Å². The highest BCUT2D eigenvalue weighted by Crippen LogP contribution is 2.34. The number of para-hydroxylation sites is 2. The van der Waals surface area contributed by atoms with Crippen molar-refractivity contribution in [3.8, 4) is 17.2 Å². The molecule has 0 aliphatic carbocycles. The Hall–Kier alpha value is -3.71. The van der Waals surface area contributed by atoms with Crippen LogP contribution in [-0.2, 0) is 4.79 Å². The minimum atomic E-state index is -0.418. The fraction of sp³-hybridized carbons (Fsp3) is 0.0909. The van der Waals surface area contributed by atoms with Crippen LogP contribution in [0.25, 0.3) is 0 Å². The fourth-order valence-electron chi connectivity index (χ4n) is 2.85. The molecule has 1 heterocycles. The molecule has 3 aromatic rings. The van der Waals surface area contributed by atoms with Gasteiger partial charge in [0, 0.05) is 11.8 Å². The zero-order valence-electron chi connectivity index (χ0n) is 15.7. The molecule has 0 spiro atoms. The smallest absolute Gasteiger partial charge is 0.262 e. The van der Waals surface area contributed by atoms with Gasteiger partial charge in [-0.1, -0.05) is 35.9 Å². The Morgan fingerprint density at radius 2 is 1.70 bits per heavy atom. The average molecular weight is 425 g/mol. The zero-order valence-corrected chi connectivity index (χ0v) is 16.4. The molecule has 1 aliphatic rings. The van der Waals surface area contributed by atoms with Crippen LogP contribution in [-0.4, -0.2) is 25.2 Å². The maximum atomic E-state index is 12.8. The van der Waals surface area contributed by atoms with E-state index in [0.717, 1.165) is 0 Å². The molecule has 4 rings (SSSR count).